The Morgan fingerprint density at radius 2 is 2.19 bits per heavy atom. The number of carbonyl (C=O) groups excluding carboxylic acids is 2. The molecule has 0 unspecified atom stereocenters. The maximum absolute atomic E-state index is 13.6. The van der Waals surface area contributed by atoms with Gasteiger partial charge in [0.2, 0.25) is 5.91 Å². The molecule has 140 valence electrons. The lowest BCUT2D eigenvalue weighted by molar-refractivity contribution is -0.113. The van der Waals surface area contributed by atoms with Gasteiger partial charge in [-0.25, -0.2) is 9.18 Å². The standard InChI is InChI=1S/C17H13ClFN3O4S/c1-2-26-17(25)14-11-8-27-15(20-12(23)7-18)13(11)16(24)22(21-14)10-5-3-4-9(19)6-10/h3-6,8H,2,7H2,1H3,(H,20,23). The highest BCUT2D eigenvalue weighted by Gasteiger charge is 2.23. The van der Waals surface area contributed by atoms with Crippen LogP contribution in [0.3, 0.4) is 0 Å². The smallest absolute Gasteiger partial charge is 0.359 e. The number of thiophene rings is 1. The van der Waals surface area contributed by atoms with Crippen LogP contribution in [0.1, 0.15) is 17.4 Å². The Bertz CT molecular complexity index is 1100. The molecule has 2 aromatic heterocycles. The van der Waals surface area contributed by atoms with Crippen LogP contribution >= 0.6 is 22.9 Å². The van der Waals surface area contributed by atoms with Crippen LogP contribution in [0.4, 0.5) is 9.39 Å². The van der Waals surface area contributed by atoms with E-state index in [2.05, 4.69) is 10.4 Å². The number of nitrogens with one attached hydrogen (secondary N) is 1. The molecule has 0 aliphatic carbocycles. The lowest BCUT2D eigenvalue weighted by Gasteiger charge is -2.09. The number of halogens is 2. The number of aromatic nitrogens is 2. The molecule has 1 aromatic carbocycles. The topological polar surface area (TPSA) is 90.3 Å². The number of amides is 1. The summed E-state index contributed by atoms with van der Waals surface area (Å²) < 4.78 is 19.5. The molecule has 0 atom stereocenters. The van der Waals surface area contributed by atoms with E-state index in [1.165, 1.54) is 23.6 Å². The van der Waals surface area contributed by atoms with Crippen LogP contribution in [0.2, 0.25) is 0 Å². The van der Waals surface area contributed by atoms with E-state index >= 15 is 0 Å². The van der Waals surface area contributed by atoms with Crippen molar-refractivity contribution in [3.63, 3.8) is 0 Å². The zero-order valence-electron chi connectivity index (χ0n) is 14.0. The zero-order valence-corrected chi connectivity index (χ0v) is 15.6. The van der Waals surface area contributed by atoms with Crippen molar-refractivity contribution in [2.45, 2.75) is 6.92 Å². The second kappa shape index (κ2) is 7.85. The summed E-state index contributed by atoms with van der Waals surface area (Å²) in [7, 11) is 0. The number of carbonyl (C=O) groups is 2. The molecule has 0 aliphatic rings. The van der Waals surface area contributed by atoms with Crippen molar-refractivity contribution in [2.75, 3.05) is 17.8 Å². The molecular formula is C17H13ClFN3O4S. The van der Waals surface area contributed by atoms with Crippen molar-refractivity contribution < 1.29 is 18.7 Å². The van der Waals surface area contributed by atoms with Gasteiger partial charge >= 0.3 is 5.97 Å². The molecule has 27 heavy (non-hydrogen) atoms. The number of esters is 1. The molecule has 0 fully saturated rings. The van der Waals surface area contributed by atoms with Crippen molar-refractivity contribution in [3.05, 3.63) is 51.5 Å². The van der Waals surface area contributed by atoms with Gasteiger partial charge in [0.15, 0.2) is 5.69 Å². The first-order valence-electron chi connectivity index (χ1n) is 7.79. The Morgan fingerprint density at radius 3 is 2.85 bits per heavy atom. The maximum atomic E-state index is 13.6. The van der Waals surface area contributed by atoms with Crippen LogP contribution in [0, 0.1) is 5.82 Å². The van der Waals surface area contributed by atoms with E-state index in [1.54, 1.807) is 6.92 Å². The van der Waals surface area contributed by atoms with Gasteiger partial charge in [-0.2, -0.15) is 9.78 Å². The number of rotatable bonds is 5. The van der Waals surface area contributed by atoms with Crippen LogP contribution in [0.15, 0.2) is 34.4 Å². The van der Waals surface area contributed by atoms with E-state index in [9.17, 15) is 18.8 Å². The summed E-state index contributed by atoms with van der Waals surface area (Å²) in [6.07, 6.45) is 0. The van der Waals surface area contributed by atoms with Gasteiger partial charge in [0.05, 0.1) is 17.7 Å². The van der Waals surface area contributed by atoms with E-state index in [0.717, 1.165) is 22.1 Å². The van der Waals surface area contributed by atoms with Crippen molar-refractivity contribution in [3.8, 4) is 5.69 Å². The number of hydrogen-bond donors (Lipinski definition) is 1. The number of ether oxygens (including phenoxy) is 1. The predicted molar refractivity (Wildman–Crippen MR) is 100 cm³/mol. The number of anilines is 1. The van der Waals surface area contributed by atoms with Gasteiger partial charge in [-0.15, -0.1) is 22.9 Å². The number of benzene rings is 1. The monoisotopic (exact) mass is 409 g/mol. The van der Waals surface area contributed by atoms with Crippen molar-refractivity contribution in [2.24, 2.45) is 0 Å². The fourth-order valence-electron chi connectivity index (χ4n) is 2.43. The van der Waals surface area contributed by atoms with Crippen molar-refractivity contribution in [1.82, 2.24) is 9.78 Å². The lowest BCUT2D eigenvalue weighted by atomic mass is 10.2. The van der Waals surface area contributed by atoms with Crippen molar-refractivity contribution in [1.29, 1.82) is 0 Å². The highest BCUT2D eigenvalue weighted by molar-refractivity contribution is 7.16. The number of nitrogens with zero attached hydrogens (tertiary/aromatic N) is 2. The summed E-state index contributed by atoms with van der Waals surface area (Å²) in [5, 5.41) is 8.65. The second-order valence-electron chi connectivity index (χ2n) is 5.30. The first-order valence-corrected chi connectivity index (χ1v) is 9.21. The van der Waals surface area contributed by atoms with Gasteiger partial charge < -0.3 is 10.1 Å². The largest absolute Gasteiger partial charge is 0.461 e. The molecule has 0 saturated carbocycles. The third kappa shape index (κ3) is 3.69. The normalized spacial score (nSPS) is 10.8. The van der Waals surface area contributed by atoms with Gasteiger partial charge in [-0.1, -0.05) is 6.07 Å². The minimum absolute atomic E-state index is 0.0702. The molecule has 2 heterocycles. The molecule has 0 aliphatic heterocycles. The fourth-order valence-corrected chi connectivity index (χ4v) is 3.45. The first kappa shape index (κ1) is 19.0. The summed E-state index contributed by atoms with van der Waals surface area (Å²) in [6.45, 7) is 1.75. The van der Waals surface area contributed by atoms with Crippen LogP contribution in [-0.4, -0.2) is 34.1 Å². The summed E-state index contributed by atoms with van der Waals surface area (Å²) in [4.78, 5) is 37.0. The van der Waals surface area contributed by atoms with Crippen LogP contribution in [0.5, 0.6) is 0 Å². The van der Waals surface area contributed by atoms with Gasteiger partial charge in [0.25, 0.3) is 5.56 Å². The molecule has 7 nitrogen and oxygen atoms in total. The van der Waals surface area contributed by atoms with E-state index in [0.29, 0.717) is 0 Å². The minimum Gasteiger partial charge on any atom is -0.461 e. The maximum Gasteiger partial charge on any atom is 0.359 e. The molecule has 10 heteroatoms. The Morgan fingerprint density at radius 1 is 1.41 bits per heavy atom. The quantitative estimate of drug-likeness (QED) is 0.517. The molecule has 0 bridgehead atoms. The predicted octanol–water partition coefficient (Wildman–Crippen LogP) is 2.94. The Kier molecular flexibility index (Phi) is 5.52. The van der Waals surface area contributed by atoms with E-state index in [4.69, 9.17) is 16.3 Å². The van der Waals surface area contributed by atoms with Crippen LogP contribution in [-0.2, 0) is 9.53 Å². The highest BCUT2D eigenvalue weighted by atomic mass is 35.5. The summed E-state index contributed by atoms with van der Waals surface area (Å²) in [5.41, 5.74) is -0.596. The number of fused-ring (bicyclic) bond motifs is 1. The highest BCUT2D eigenvalue weighted by Crippen LogP contribution is 2.30. The Balaban J connectivity index is 2.31. The third-order valence-electron chi connectivity index (χ3n) is 3.55. The first-order chi connectivity index (χ1) is 13.0. The molecule has 1 amide bonds. The Hall–Kier alpha value is -2.78. The average molecular weight is 410 g/mol. The summed E-state index contributed by atoms with van der Waals surface area (Å²) in [5.74, 6) is -2.11. The van der Waals surface area contributed by atoms with E-state index in [1.807, 2.05) is 0 Å². The molecule has 0 saturated heterocycles. The van der Waals surface area contributed by atoms with E-state index < -0.39 is 23.3 Å². The average Bonchev–Trinajstić information content (AvgIpc) is 3.06. The van der Waals surface area contributed by atoms with E-state index in [-0.39, 0.29) is 39.6 Å². The summed E-state index contributed by atoms with van der Waals surface area (Å²) >= 11 is 6.56. The SMILES string of the molecule is CCOC(=O)c1nn(-c2cccc(F)c2)c(=O)c2c(NC(=O)CCl)scc12. The van der Waals surface area contributed by atoms with Crippen LogP contribution < -0.4 is 10.9 Å². The second-order valence-corrected chi connectivity index (χ2v) is 6.45. The van der Waals surface area contributed by atoms with Gasteiger partial charge in [-0.3, -0.25) is 9.59 Å². The number of hydrogen-bond acceptors (Lipinski definition) is 6. The number of alkyl halides is 1. The van der Waals surface area contributed by atoms with Crippen LogP contribution in [0.25, 0.3) is 16.5 Å². The zero-order chi connectivity index (χ0) is 19.6. The molecule has 3 rings (SSSR count). The summed E-state index contributed by atoms with van der Waals surface area (Å²) in [6, 6.07) is 5.22. The molecule has 0 radical (unpaired) electrons. The molecule has 0 spiro atoms. The molecular weight excluding hydrogens is 397 g/mol. The third-order valence-corrected chi connectivity index (χ3v) is 4.69. The minimum atomic E-state index is -0.735. The fraction of sp³-hybridized carbons (Fsp3) is 0.176. The van der Waals surface area contributed by atoms with Gasteiger partial charge in [-0.05, 0) is 25.1 Å². The lowest BCUT2D eigenvalue weighted by Crippen LogP contribution is -2.25. The van der Waals surface area contributed by atoms with Gasteiger partial charge in [0, 0.05) is 10.8 Å². The van der Waals surface area contributed by atoms with Gasteiger partial charge in [0.1, 0.15) is 16.7 Å². The van der Waals surface area contributed by atoms with Crippen molar-refractivity contribution >= 4 is 50.6 Å². The Labute approximate surface area is 161 Å². The molecule has 1 N–H and O–H groups in total. The molecule has 3 aromatic rings.